The second-order valence-corrected chi connectivity index (χ2v) is 4.18. The van der Waals surface area contributed by atoms with E-state index in [9.17, 15) is 5.11 Å². The van der Waals surface area contributed by atoms with Gasteiger partial charge in [0.05, 0.1) is 11.4 Å². The van der Waals surface area contributed by atoms with Gasteiger partial charge in [-0.05, 0) is 24.3 Å². The van der Waals surface area contributed by atoms with E-state index < -0.39 is 0 Å². The lowest BCUT2D eigenvalue weighted by Crippen LogP contribution is -1.95. The van der Waals surface area contributed by atoms with Gasteiger partial charge in [-0.2, -0.15) is 0 Å². The summed E-state index contributed by atoms with van der Waals surface area (Å²) in [6.07, 6.45) is 3.73. The second kappa shape index (κ2) is 4.53. The summed E-state index contributed by atoms with van der Waals surface area (Å²) in [5.41, 5.74) is 7.92. The summed E-state index contributed by atoms with van der Waals surface area (Å²) < 4.78 is 7.37. The highest BCUT2D eigenvalue weighted by atomic mass is 16.5. The first kappa shape index (κ1) is 11.4. The van der Waals surface area contributed by atoms with Crippen LogP contribution in [-0.2, 0) is 6.61 Å². The van der Waals surface area contributed by atoms with Crippen LogP contribution in [0.5, 0.6) is 11.5 Å². The predicted octanol–water partition coefficient (Wildman–Crippen LogP) is 2.20. The average Bonchev–Trinajstić information content (AvgIpc) is 2.82. The Kier molecular flexibility index (Phi) is 2.72. The summed E-state index contributed by atoms with van der Waals surface area (Å²) in [5, 5.41) is 9.60. The molecular weight excluding hydrogens is 242 g/mol. The summed E-state index contributed by atoms with van der Waals surface area (Å²) >= 11 is 0. The molecule has 0 aliphatic heterocycles. The zero-order valence-electron chi connectivity index (χ0n) is 10.2. The Hall–Kier alpha value is -2.69. The van der Waals surface area contributed by atoms with E-state index in [4.69, 9.17) is 10.5 Å². The van der Waals surface area contributed by atoms with Crippen LogP contribution in [0.4, 0.5) is 5.69 Å². The van der Waals surface area contributed by atoms with Crippen LogP contribution in [0, 0.1) is 0 Å². The van der Waals surface area contributed by atoms with Crippen molar-refractivity contribution in [3.05, 3.63) is 54.5 Å². The number of nitrogens with two attached hydrogens (primary N) is 1. The standard InChI is InChI=1S/C14H13N3O2/c15-11-4-3-7-17-8-10(16-14(11)17)9-19-13-6-2-1-5-12(13)18/h1-8,18H,9,15H2. The summed E-state index contributed by atoms with van der Waals surface area (Å²) in [6.45, 7) is 0.276. The van der Waals surface area contributed by atoms with E-state index in [-0.39, 0.29) is 12.4 Å². The smallest absolute Gasteiger partial charge is 0.161 e. The number of hydrogen-bond donors (Lipinski definition) is 2. The number of ether oxygens (including phenoxy) is 1. The SMILES string of the molecule is Nc1cccn2cc(COc3ccccc3O)nc12. The summed E-state index contributed by atoms with van der Waals surface area (Å²) in [7, 11) is 0. The summed E-state index contributed by atoms with van der Waals surface area (Å²) in [4.78, 5) is 4.39. The molecule has 3 aromatic rings. The number of anilines is 1. The number of fused-ring (bicyclic) bond motifs is 1. The van der Waals surface area contributed by atoms with Gasteiger partial charge in [-0.25, -0.2) is 4.98 Å². The Labute approximate surface area is 109 Å². The van der Waals surface area contributed by atoms with Crippen molar-refractivity contribution < 1.29 is 9.84 Å². The zero-order chi connectivity index (χ0) is 13.2. The molecule has 0 fully saturated rings. The lowest BCUT2D eigenvalue weighted by Gasteiger charge is -2.05. The normalized spacial score (nSPS) is 10.7. The van der Waals surface area contributed by atoms with Gasteiger partial charge in [-0.3, -0.25) is 0 Å². The van der Waals surface area contributed by atoms with Gasteiger partial charge in [-0.15, -0.1) is 0 Å². The molecule has 0 saturated heterocycles. The van der Waals surface area contributed by atoms with Crippen molar-refractivity contribution >= 4 is 11.3 Å². The molecule has 0 aliphatic carbocycles. The fraction of sp³-hybridized carbons (Fsp3) is 0.0714. The fourth-order valence-electron chi connectivity index (χ4n) is 1.89. The molecule has 3 N–H and O–H groups in total. The van der Waals surface area contributed by atoms with Crippen LogP contribution < -0.4 is 10.5 Å². The van der Waals surface area contributed by atoms with Crippen LogP contribution in [0.3, 0.4) is 0 Å². The van der Waals surface area contributed by atoms with E-state index in [2.05, 4.69) is 4.98 Å². The lowest BCUT2D eigenvalue weighted by atomic mass is 10.3. The van der Waals surface area contributed by atoms with Crippen molar-refractivity contribution in [2.75, 3.05) is 5.73 Å². The molecule has 0 radical (unpaired) electrons. The molecule has 1 aromatic carbocycles. The highest BCUT2D eigenvalue weighted by Crippen LogP contribution is 2.25. The molecule has 0 atom stereocenters. The number of benzene rings is 1. The monoisotopic (exact) mass is 255 g/mol. The van der Waals surface area contributed by atoms with E-state index in [1.807, 2.05) is 22.9 Å². The molecule has 0 bridgehead atoms. The Morgan fingerprint density at radius 2 is 2.05 bits per heavy atom. The van der Waals surface area contributed by atoms with Crippen LogP contribution in [0.2, 0.25) is 0 Å². The van der Waals surface area contributed by atoms with Gasteiger partial charge in [0.2, 0.25) is 0 Å². The molecule has 3 rings (SSSR count). The van der Waals surface area contributed by atoms with Gasteiger partial charge in [0, 0.05) is 12.4 Å². The van der Waals surface area contributed by atoms with E-state index in [0.717, 1.165) is 5.69 Å². The molecule has 96 valence electrons. The minimum Gasteiger partial charge on any atom is -0.504 e. The average molecular weight is 255 g/mol. The first-order valence-corrected chi connectivity index (χ1v) is 5.87. The molecule has 5 heteroatoms. The van der Waals surface area contributed by atoms with Crippen LogP contribution in [0.15, 0.2) is 48.8 Å². The Balaban J connectivity index is 1.83. The number of aromatic hydroxyl groups is 1. The third kappa shape index (κ3) is 2.18. The molecule has 2 aromatic heterocycles. The fourth-order valence-corrected chi connectivity index (χ4v) is 1.89. The highest BCUT2D eigenvalue weighted by molar-refractivity contribution is 5.64. The first-order valence-electron chi connectivity index (χ1n) is 5.87. The third-order valence-corrected chi connectivity index (χ3v) is 2.80. The molecule has 5 nitrogen and oxygen atoms in total. The summed E-state index contributed by atoms with van der Waals surface area (Å²) in [6, 6.07) is 10.5. The number of imidazole rings is 1. The quantitative estimate of drug-likeness (QED) is 0.752. The number of hydrogen-bond acceptors (Lipinski definition) is 4. The number of phenols is 1. The largest absolute Gasteiger partial charge is 0.504 e. The number of phenolic OH excluding ortho intramolecular Hbond substituents is 1. The third-order valence-electron chi connectivity index (χ3n) is 2.80. The van der Waals surface area contributed by atoms with Gasteiger partial charge in [0.25, 0.3) is 0 Å². The summed E-state index contributed by atoms with van der Waals surface area (Å²) in [5.74, 6) is 0.554. The number of aromatic nitrogens is 2. The minimum atomic E-state index is 0.116. The van der Waals surface area contributed by atoms with Crippen molar-refractivity contribution in [1.82, 2.24) is 9.38 Å². The molecule has 0 unspecified atom stereocenters. The number of para-hydroxylation sites is 2. The maximum absolute atomic E-state index is 9.60. The lowest BCUT2D eigenvalue weighted by molar-refractivity contribution is 0.285. The van der Waals surface area contributed by atoms with Crippen LogP contribution >= 0.6 is 0 Å². The minimum absolute atomic E-state index is 0.116. The van der Waals surface area contributed by atoms with Crippen LogP contribution in [0.1, 0.15) is 5.69 Å². The van der Waals surface area contributed by atoms with Crippen molar-refractivity contribution in [1.29, 1.82) is 0 Å². The maximum Gasteiger partial charge on any atom is 0.161 e. The highest BCUT2D eigenvalue weighted by Gasteiger charge is 2.06. The second-order valence-electron chi connectivity index (χ2n) is 4.18. The van der Waals surface area contributed by atoms with E-state index in [1.54, 1.807) is 30.3 Å². The van der Waals surface area contributed by atoms with Gasteiger partial charge in [0.15, 0.2) is 17.1 Å². The van der Waals surface area contributed by atoms with E-state index in [0.29, 0.717) is 17.1 Å². The van der Waals surface area contributed by atoms with Crippen molar-refractivity contribution in [3.8, 4) is 11.5 Å². The van der Waals surface area contributed by atoms with Crippen molar-refractivity contribution in [2.45, 2.75) is 6.61 Å². The molecule has 2 heterocycles. The Morgan fingerprint density at radius 1 is 1.21 bits per heavy atom. The van der Waals surface area contributed by atoms with Crippen LogP contribution in [0.25, 0.3) is 5.65 Å². The predicted molar refractivity (Wildman–Crippen MR) is 72.0 cm³/mol. The number of pyridine rings is 1. The molecule has 19 heavy (non-hydrogen) atoms. The van der Waals surface area contributed by atoms with E-state index >= 15 is 0 Å². The van der Waals surface area contributed by atoms with Gasteiger partial charge < -0.3 is 20.0 Å². The van der Waals surface area contributed by atoms with E-state index in [1.165, 1.54) is 0 Å². The number of nitrogen functional groups attached to an aromatic ring is 1. The molecular formula is C14H13N3O2. The molecule has 0 saturated carbocycles. The Morgan fingerprint density at radius 3 is 2.84 bits per heavy atom. The van der Waals surface area contributed by atoms with Gasteiger partial charge in [0.1, 0.15) is 6.61 Å². The van der Waals surface area contributed by atoms with Gasteiger partial charge >= 0.3 is 0 Å². The van der Waals surface area contributed by atoms with Crippen molar-refractivity contribution in [2.24, 2.45) is 0 Å². The molecule has 0 spiro atoms. The number of rotatable bonds is 3. The van der Waals surface area contributed by atoms with Crippen LogP contribution in [-0.4, -0.2) is 14.5 Å². The van der Waals surface area contributed by atoms with Gasteiger partial charge in [-0.1, -0.05) is 12.1 Å². The van der Waals surface area contributed by atoms with Crippen molar-refractivity contribution in [3.63, 3.8) is 0 Å². The molecule has 0 aliphatic rings. The topological polar surface area (TPSA) is 72.8 Å². The maximum atomic E-state index is 9.60. The Bertz CT molecular complexity index is 722. The first-order chi connectivity index (χ1) is 9.24. The zero-order valence-corrected chi connectivity index (χ0v) is 10.2. The number of nitrogens with zero attached hydrogens (tertiary/aromatic N) is 2. The molecule has 0 amide bonds.